The van der Waals surface area contributed by atoms with Crippen LogP contribution in [0.1, 0.15) is 77.8 Å². The number of unbranched alkanes of at least 4 members (excludes halogenated alkanes) is 1. The smallest absolute Gasteiger partial charge is 0.320 e. The van der Waals surface area contributed by atoms with E-state index in [0.717, 1.165) is 33.2 Å². The number of aromatic amines is 2. The van der Waals surface area contributed by atoms with Crippen molar-refractivity contribution in [3.05, 3.63) is 35.2 Å². The van der Waals surface area contributed by atoms with Gasteiger partial charge >= 0.3 is 17.9 Å². The van der Waals surface area contributed by atoms with Crippen molar-refractivity contribution < 1.29 is 34.5 Å². The molecule has 0 saturated heterocycles. The molecule has 0 aliphatic heterocycles. The quantitative estimate of drug-likeness (QED) is 0.195. The van der Waals surface area contributed by atoms with Gasteiger partial charge in [-0.15, -0.1) is 0 Å². The first-order valence-electron chi connectivity index (χ1n) is 13.1. The molecule has 1 atom stereocenters. The van der Waals surface area contributed by atoms with Crippen molar-refractivity contribution in [1.82, 2.24) is 20.2 Å². The van der Waals surface area contributed by atoms with Crippen molar-refractivity contribution in [1.29, 1.82) is 0 Å². The predicted molar refractivity (Wildman–Crippen MR) is 147 cm³/mol. The number of nitrogens with zero attached hydrogens (tertiary/aromatic N) is 1. The molecule has 216 valence electrons. The number of H-pyrrole nitrogens is 2. The molecule has 39 heavy (non-hydrogen) atoms. The maximum absolute atomic E-state index is 12.8. The molecule has 0 radical (unpaired) electrons. The molecule has 0 spiro atoms. The number of carboxylic acid groups (broad SMARTS) is 3. The minimum absolute atomic E-state index is 0.0182. The molecule has 0 aliphatic carbocycles. The van der Waals surface area contributed by atoms with Crippen molar-refractivity contribution in [2.75, 3.05) is 19.6 Å². The summed E-state index contributed by atoms with van der Waals surface area (Å²) in [6.45, 7) is 11.6. The van der Waals surface area contributed by atoms with Crippen molar-refractivity contribution in [3.63, 3.8) is 0 Å². The van der Waals surface area contributed by atoms with Gasteiger partial charge in [0, 0.05) is 28.8 Å². The molecule has 2 heterocycles. The number of carboxylic acids is 3. The zero-order chi connectivity index (χ0) is 29.5. The fraction of sp³-hybridized carbons (Fsp3) is 0.571. The second-order valence-corrected chi connectivity index (χ2v) is 11.9. The maximum Gasteiger partial charge on any atom is 0.320 e. The first-order valence-corrected chi connectivity index (χ1v) is 13.1. The first-order chi connectivity index (χ1) is 18.0. The lowest BCUT2D eigenvalue weighted by molar-refractivity contribution is -0.149. The third kappa shape index (κ3) is 9.58. The fourth-order valence-electron chi connectivity index (χ4n) is 4.45. The van der Waals surface area contributed by atoms with E-state index in [1.807, 2.05) is 12.1 Å². The highest BCUT2D eigenvalue weighted by molar-refractivity contribution is 5.80. The average Bonchev–Trinajstić information content (AvgIpc) is 3.42. The van der Waals surface area contributed by atoms with Crippen LogP contribution in [0.5, 0.6) is 0 Å². The monoisotopic (exact) mass is 546 g/mol. The Balaban J connectivity index is 1.99. The van der Waals surface area contributed by atoms with E-state index in [1.54, 1.807) is 0 Å². The summed E-state index contributed by atoms with van der Waals surface area (Å²) in [5.41, 5.74) is 4.61. The molecule has 0 bridgehead atoms. The molecule has 2 aromatic rings. The number of hydrogen-bond donors (Lipinski definition) is 6. The number of nitrogens with one attached hydrogen (secondary N) is 3. The second kappa shape index (κ2) is 13.0. The summed E-state index contributed by atoms with van der Waals surface area (Å²) in [4.78, 5) is 54.4. The van der Waals surface area contributed by atoms with Gasteiger partial charge in [0.15, 0.2) is 0 Å². The van der Waals surface area contributed by atoms with E-state index in [0.29, 0.717) is 19.4 Å². The van der Waals surface area contributed by atoms with Gasteiger partial charge in [-0.1, -0.05) is 41.5 Å². The van der Waals surface area contributed by atoms with Gasteiger partial charge in [0.25, 0.3) is 0 Å². The van der Waals surface area contributed by atoms with Gasteiger partial charge in [-0.3, -0.25) is 24.1 Å². The number of carbonyl (C=O) groups is 4. The molecule has 0 saturated carbocycles. The Morgan fingerprint density at radius 3 is 1.97 bits per heavy atom. The molecule has 0 aliphatic rings. The van der Waals surface area contributed by atoms with E-state index in [4.69, 9.17) is 10.2 Å². The summed E-state index contributed by atoms with van der Waals surface area (Å²) in [5, 5.41) is 30.4. The van der Waals surface area contributed by atoms with Gasteiger partial charge in [0.2, 0.25) is 5.91 Å². The highest BCUT2D eigenvalue weighted by Crippen LogP contribution is 2.31. The van der Waals surface area contributed by atoms with Crippen LogP contribution < -0.4 is 5.32 Å². The molecule has 6 N–H and O–H groups in total. The lowest BCUT2D eigenvalue weighted by Crippen LogP contribution is -2.46. The van der Waals surface area contributed by atoms with Gasteiger partial charge in [0.05, 0.1) is 30.9 Å². The minimum atomic E-state index is -1.30. The molecule has 1 amide bonds. The Morgan fingerprint density at radius 2 is 1.49 bits per heavy atom. The Hall–Kier alpha value is -3.60. The van der Waals surface area contributed by atoms with E-state index < -0.39 is 37.0 Å². The van der Waals surface area contributed by atoms with Crippen molar-refractivity contribution >= 4 is 23.8 Å². The van der Waals surface area contributed by atoms with Crippen LogP contribution in [0.15, 0.2) is 18.2 Å². The van der Waals surface area contributed by atoms with Gasteiger partial charge < -0.3 is 30.6 Å². The van der Waals surface area contributed by atoms with E-state index in [9.17, 15) is 24.3 Å². The number of aromatic nitrogens is 2. The topological polar surface area (TPSA) is 176 Å². The minimum Gasteiger partial charge on any atom is -0.480 e. The highest BCUT2D eigenvalue weighted by Gasteiger charge is 2.29. The number of amides is 1. The summed E-state index contributed by atoms with van der Waals surface area (Å²) in [6, 6.07) is 4.85. The summed E-state index contributed by atoms with van der Waals surface area (Å²) in [5.74, 6) is -4.05. The number of hydrogen-bond acceptors (Lipinski definition) is 5. The Bertz CT molecular complexity index is 1150. The lowest BCUT2D eigenvalue weighted by atomic mass is 9.88. The molecular formula is C28H42N4O7. The van der Waals surface area contributed by atoms with E-state index in [-0.39, 0.29) is 29.6 Å². The molecule has 2 aromatic heterocycles. The number of aliphatic carboxylic acids is 3. The van der Waals surface area contributed by atoms with Crippen LogP contribution >= 0.6 is 0 Å². The van der Waals surface area contributed by atoms with Crippen LogP contribution in [0.3, 0.4) is 0 Å². The van der Waals surface area contributed by atoms with Gasteiger partial charge in [-0.2, -0.15) is 0 Å². The Kier molecular flexibility index (Phi) is 10.5. The first kappa shape index (κ1) is 31.6. The van der Waals surface area contributed by atoms with E-state index >= 15 is 0 Å². The van der Waals surface area contributed by atoms with Gasteiger partial charge in [-0.05, 0) is 43.0 Å². The molecule has 0 aromatic carbocycles. The normalized spacial score (nSPS) is 12.9. The zero-order valence-corrected chi connectivity index (χ0v) is 23.7. The van der Waals surface area contributed by atoms with Crippen LogP contribution in [0.25, 0.3) is 11.4 Å². The molecule has 2 rings (SSSR count). The van der Waals surface area contributed by atoms with Crippen LogP contribution in [0, 0.1) is 0 Å². The standard InChI is InChI=1S/C28H42N4O7/c1-27(2,3)21-11-10-18(30-21)19-13-17(25(31-19)28(4,5)6)14-22(33)29-12-8-7-9-20(26(38)39)32(15-23(34)35)16-24(36)37/h10-11,13,20,30-31H,7-9,12,14-16H2,1-6H3,(H,29,33)(H,34,35)(H,36,37)(H,38,39). The van der Waals surface area contributed by atoms with Crippen molar-refractivity contribution in [2.24, 2.45) is 0 Å². The summed E-state index contributed by atoms with van der Waals surface area (Å²) in [7, 11) is 0. The lowest BCUT2D eigenvalue weighted by Gasteiger charge is -2.25. The highest BCUT2D eigenvalue weighted by atomic mass is 16.4. The molecule has 0 fully saturated rings. The van der Waals surface area contributed by atoms with Crippen molar-refractivity contribution in [2.45, 2.75) is 84.1 Å². The number of carbonyl (C=O) groups excluding carboxylic acids is 1. The Morgan fingerprint density at radius 1 is 0.872 bits per heavy atom. The largest absolute Gasteiger partial charge is 0.480 e. The third-order valence-electron chi connectivity index (χ3n) is 6.41. The van der Waals surface area contributed by atoms with Gasteiger partial charge in [0.1, 0.15) is 6.04 Å². The van der Waals surface area contributed by atoms with Crippen LogP contribution in [-0.2, 0) is 36.4 Å². The van der Waals surface area contributed by atoms with Crippen LogP contribution in [0.4, 0.5) is 0 Å². The van der Waals surface area contributed by atoms with Crippen LogP contribution in [-0.4, -0.2) is 79.7 Å². The number of rotatable bonds is 14. The van der Waals surface area contributed by atoms with E-state index in [2.05, 4.69) is 62.9 Å². The summed E-state index contributed by atoms with van der Waals surface area (Å²) >= 11 is 0. The second-order valence-electron chi connectivity index (χ2n) is 11.9. The zero-order valence-electron chi connectivity index (χ0n) is 23.7. The molecule has 11 heteroatoms. The molecule has 1 unspecified atom stereocenters. The Labute approximate surface area is 229 Å². The summed E-state index contributed by atoms with van der Waals surface area (Å²) in [6.07, 6.45) is 1.08. The third-order valence-corrected chi connectivity index (χ3v) is 6.41. The SMILES string of the molecule is CC(C)(C)c1ccc(-c2cc(CC(=O)NCCCCC(C(=O)O)N(CC(=O)O)CC(=O)O)c(C(C)(C)C)[nH]2)[nH]1. The van der Waals surface area contributed by atoms with Crippen molar-refractivity contribution in [3.8, 4) is 11.4 Å². The van der Waals surface area contributed by atoms with Crippen LogP contribution in [0.2, 0.25) is 0 Å². The average molecular weight is 547 g/mol. The molecular weight excluding hydrogens is 504 g/mol. The maximum atomic E-state index is 12.8. The summed E-state index contributed by atoms with van der Waals surface area (Å²) < 4.78 is 0. The van der Waals surface area contributed by atoms with E-state index in [1.165, 1.54) is 0 Å². The fourth-order valence-corrected chi connectivity index (χ4v) is 4.45. The predicted octanol–water partition coefficient (Wildman–Crippen LogP) is 3.36. The van der Waals surface area contributed by atoms with Gasteiger partial charge in [-0.25, -0.2) is 0 Å². The molecule has 11 nitrogen and oxygen atoms in total.